The van der Waals surface area contributed by atoms with Crippen molar-refractivity contribution in [3.8, 4) is 5.69 Å². The Morgan fingerprint density at radius 1 is 1.12 bits per heavy atom. The van der Waals surface area contributed by atoms with E-state index in [1.807, 2.05) is 25.5 Å². The van der Waals surface area contributed by atoms with Gasteiger partial charge in [-0.3, -0.25) is 14.5 Å². The van der Waals surface area contributed by atoms with Gasteiger partial charge in [0.25, 0.3) is 5.56 Å². The van der Waals surface area contributed by atoms with Gasteiger partial charge < -0.3 is 4.90 Å². The summed E-state index contributed by atoms with van der Waals surface area (Å²) in [6, 6.07) is 10.0. The van der Waals surface area contributed by atoms with Crippen molar-refractivity contribution in [2.45, 2.75) is 38.5 Å². The van der Waals surface area contributed by atoms with Crippen LogP contribution in [0, 0.1) is 11.7 Å². The van der Waals surface area contributed by atoms with Crippen LogP contribution < -0.4 is 5.56 Å². The minimum Gasteiger partial charge on any atom is -0.303 e. The van der Waals surface area contributed by atoms with E-state index in [0.29, 0.717) is 12.1 Å². The van der Waals surface area contributed by atoms with E-state index in [9.17, 15) is 9.18 Å². The monoisotopic (exact) mass is 456 g/mol. The van der Waals surface area contributed by atoms with Gasteiger partial charge in [-0.15, -0.1) is 0 Å². The number of likely N-dealkylation sites (tertiary alicyclic amines) is 1. The SMILES string of the molecule is Cn1c(CCN2CCC(CCCc3cccnc3)CC2)c(Cl)c(=O)n1-c1ccc(F)cc1. The molecule has 0 bridgehead atoms. The zero-order valence-corrected chi connectivity index (χ0v) is 19.3. The molecule has 0 aliphatic carbocycles. The lowest BCUT2D eigenvalue weighted by Crippen LogP contribution is -2.35. The molecule has 1 saturated heterocycles. The van der Waals surface area contributed by atoms with Crippen molar-refractivity contribution < 1.29 is 4.39 Å². The molecule has 5 nitrogen and oxygen atoms in total. The normalized spacial score (nSPS) is 15.3. The summed E-state index contributed by atoms with van der Waals surface area (Å²) in [6.07, 6.45) is 10.5. The first-order valence-electron chi connectivity index (χ1n) is 11.4. The van der Waals surface area contributed by atoms with Gasteiger partial charge in [-0.1, -0.05) is 24.1 Å². The highest BCUT2D eigenvalue weighted by atomic mass is 35.5. The molecule has 1 aliphatic heterocycles. The quantitative estimate of drug-likeness (QED) is 0.496. The molecule has 0 spiro atoms. The van der Waals surface area contributed by atoms with Crippen molar-refractivity contribution >= 4 is 11.6 Å². The predicted octanol–water partition coefficient (Wildman–Crippen LogP) is 4.64. The Bertz CT molecular complexity index is 1070. The fourth-order valence-corrected chi connectivity index (χ4v) is 4.96. The largest absolute Gasteiger partial charge is 0.303 e. The van der Waals surface area contributed by atoms with Crippen molar-refractivity contribution in [1.82, 2.24) is 19.2 Å². The Morgan fingerprint density at radius 3 is 2.56 bits per heavy atom. The fraction of sp³-hybridized carbons (Fsp3) is 0.440. The van der Waals surface area contributed by atoms with Gasteiger partial charge >= 0.3 is 0 Å². The summed E-state index contributed by atoms with van der Waals surface area (Å²) in [5.74, 6) is 0.457. The lowest BCUT2D eigenvalue weighted by atomic mass is 9.91. The van der Waals surface area contributed by atoms with Gasteiger partial charge in [0.15, 0.2) is 0 Å². The first kappa shape index (κ1) is 22.7. The molecule has 0 N–H and O–H groups in total. The molecule has 7 heteroatoms. The van der Waals surface area contributed by atoms with Gasteiger partial charge in [0.1, 0.15) is 10.8 Å². The summed E-state index contributed by atoms with van der Waals surface area (Å²) in [7, 11) is 1.83. The van der Waals surface area contributed by atoms with Crippen LogP contribution in [0.25, 0.3) is 5.69 Å². The molecule has 1 aromatic carbocycles. The average Bonchev–Trinajstić information content (AvgIpc) is 3.02. The molecular formula is C25H30ClFN4O. The van der Waals surface area contributed by atoms with Crippen LogP contribution in [-0.4, -0.2) is 38.9 Å². The van der Waals surface area contributed by atoms with Gasteiger partial charge in [0.2, 0.25) is 0 Å². The maximum absolute atomic E-state index is 13.3. The second-order valence-corrected chi connectivity index (χ2v) is 9.04. The first-order valence-corrected chi connectivity index (χ1v) is 11.7. The van der Waals surface area contributed by atoms with Gasteiger partial charge in [-0.2, -0.15) is 0 Å². The van der Waals surface area contributed by atoms with Crippen LogP contribution in [0.2, 0.25) is 5.02 Å². The number of aryl methyl sites for hydroxylation is 1. The van der Waals surface area contributed by atoms with E-state index in [0.717, 1.165) is 37.7 Å². The van der Waals surface area contributed by atoms with Gasteiger partial charge in [-0.05, 0) is 80.6 Å². The van der Waals surface area contributed by atoms with Gasteiger partial charge in [0.05, 0.1) is 11.4 Å². The fourth-order valence-electron chi connectivity index (χ4n) is 4.66. The number of halogens is 2. The lowest BCUT2D eigenvalue weighted by molar-refractivity contribution is 0.178. The molecular weight excluding hydrogens is 427 g/mol. The second-order valence-electron chi connectivity index (χ2n) is 8.67. The highest BCUT2D eigenvalue weighted by molar-refractivity contribution is 6.31. The van der Waals surface area contributed by atoms with Gasteiger partial charge in [-0.25, -0.2) is 9.07 Å². The predicted molar refractivity (Wildman–Crippen MR) is 126 cm³/mol. The molecule has 1 fully saturated rings. The molecule has 0 atom stereocenters. The Hall–Kier alpha value is -2.44. The lowest BCUT2D eigenvalue weighted by Gasteiger charge is -2.32. The van der Waals surface area contributed by atoms with E-state index < -0.39 is 0 Å². The molecule has 3 aromatic rings. The van der Waals surface area contributed by atoms with Crippen molar-refractivity contribution in [3.63, 3.8) is 0 Å². The number of pyridine rings is 1. The number of hydrogen-bond acceptors (Lipinski definition) is 3. The van der Waals surface area contributed by atoms with Crippen LogP contribution in [0.3, 0.4) is 0 Å². The maximum atomic E-state index is 13.3. The maximum Gasteiger partial charge on any atom is 0.290 e. The third-order valence-electron chi connectivity index (χ3n) is 6.57. The second kappa shape index (κ2) is 10.5. The molecule has 0 radical (unpaired) electrons. The molecule has 3 heterocycles. The van der Waals surface area contributed by atoms with Crippen LogP contribution in [0.5, 0.6) is 0 Å². The van der Waals surface area contributed by atoms with E-state index in [1.165, 1.54) is 48.1 Å². The number of benzene rings is 1. The number of nitrogens with zero attached hydrogens (tertiary/aromatic N) is 4. The van der Waals surface area contributed by atoms with Crippen LogP contribution in [0.4, 0.5) is 4.39 Å². The zero-order valence-electron chi connectivity index (χ0n) is 18.5. The summed E-state index contributed by atoms with van der Waals surface area (Å²) in [6.45, 7) is 3.05. The minimum atomic E-state index is -0.331. The number of hydrogen-bond donors (Lipinski definition) is 0. The van der Waals surface area contributed by atoms with Crippen molar-refractivity contribution in [1.29, 1.82) is 0 Å². The molecule has 170 valence electrons. The van der Waals surface area contributed by atoms with Crippen LogP contribution in [0.1, 0.15) is 36.9 Å². The number of aromatic nitrogens is 3. The van der Waals surface area contributed by atoms with Gasteiger partial charge in [0, 0.05) is 32.4 Å². The molecule has 0 amide bonds. The molecule has 32 heavy (non-hydrogen) atoms. The average molecular weight is 457 g/mol. The summed E-state index contributed by atoms with van der Waals surface area (Å²) < 4.78 is 16.6. The Kier molecular flexibility index (Phi) is 7.43. The Morgan fingerprint density at radius 2 is 1.88 bits per heavy atom. The van der Waals surface area contributed by atoms with E-state index in [1.54, 1.807) is 16.8 Å². The van der Waals surface area contributed by atoms with Crippen molar-refractivity contribution in [3.05, 3.63) is 81.2 Å². The third kappa shape index (κ3) is 5.30. The summed E-state index contributed by atoms with van der Waals surface area (Å²) in [5.41, 5.74) is 2.49. The van der Waals surface area contributed by atoms with Crippen molar-refractivity contribution in [2.75, 3.05) is 19.6 Å². The highest BCUT2D eigenvalue weighted by Crippen LogP contribution is 2.24. The molecule has 0 unspecified atom stereocenters. The third-order valence-corrected chi connectivity index (χ3v) is 6.95. The number of piperidine rings is 1. The molecule has 0 saturated carbocycles. The summed E-state index contributed by atoms with van der Waals surface area (Å²) in [4.78, 5) is 19.3. The van der Waals surface area contributed by atoms with E-state index in [-0.39, 0.29) is 16.4 Å². The minimum absolute atomic E-state index is 0.252. The zero-order chi connectivity index (χ0) is 22.5. The molecule has 1 aliphatic rings. The highest BCUT2D eigenvalue weighted by Gasteiger charge is 2.21. The van der Waals surface area contributed by atoms with Crippen molar-refractivity contribution in [2.24, 2.45) is 13.0 Å². The summed E-state index contributed by atoms with van der Waals surface area (Å²) >= 11 is 6.40. The Balaban J connectivity index is 1.28. The standard InChI is InChI=1S/C25H30ClFN4O/c1-29-23(24(26)25(32)31(29)22-9-7-21(27)8-10-22)13-17-30-15-11-19(12-16-30)4-2-5-20-6-3-14-28-18-20/h3,6-10,14,18-19H,2,4-5,11-13,15-17H2,1H3. The van der Waals surface area contributed by atoms with E-state index in [4.69, 9.17) is 11.6 Å². The van der Waals surface area contributed by atoms with E-state index in [2.05, 4.69) is 16.0 Å². The first-order chi connectivity index (χ1) is 15.5. The smallest absolute Gasteiger partial charge is 0.290 e. The molecule has 2 aromatic heterocycles. The van der Waals surface area contributed by atoms with Crippen LogP contribution >= 0.6 is 11.6 Å². The summed E-state index contributed by atoms with van der Waals surface area (Å²) in [5, 5.41) is 0.252. The Labute approximate surface area is 193 Å². The van der Waals surface area contributed by atoms with E-state index >= 15 is 0 Å². The van der Waals surface area contributed by atoms with Crippen LogP contribution in [-0.2, 0) is 19.9 Å². The van der Waals surface area contributed by atoms with Crippen LogP contribution in [0.15, 0.2) is 53.6 Å². The molecule has 4 rings (SSSR count). The number of rotatable bonds is 8. The topological polar surface area (TPSA) is 43.1 Å².